The van der Waals surface area contributed by atoms with Crippen molar-refractivity contribution in [2.24, 2.45) is 7.05 Å². The normalized spacial score (nSPS) is 17.3. The van der Waals surface area contributed by atoms with Crippen LogP contribution in [0.25, 0.3) is 22.0 Å². The highest BCUT2D eigenvalue weighted by atomic mass is 32.1. The summed E-state index contributed by atoms with van der Waals surface area (Å²) in [7, 11) is 1.96. The number of hydrogen-bond donors (Lipinski definition) is 1. The molecule has 0 fully saturated rings. The number of aliphatic hydroxyl groups is 1. The maximum absolute atomic E-state index is 10.8. The topological polar surface area (TPSA) is 85.6 Å². The quantitative estimate of drug-likeness (QED) is 0.669. The summed E-state index contributed by atoms with van der Waals surface area (Å²) in [6, 6.07) is 13.3. The van der Waals surface area contributed by atoms with E-state index < -0.39 is 6.10 Å². The predicted molar refractivity (Wildman–Crippen MR) is 101 cm³/mol. The van der Waals surface area contributed by atoms with Crippen LogP contribution in [-0.4, -0.2) is 14.7 Å². The highest BCUT2D eigenvalue weighted by molar-refractivity contribution is 7.19. The Morgan fingerprint density at radius 1 is 1.31 bits per heavy atom. The second-order valence-electron chi connectivity index (χ2n) is 6.12. The molecule has 1 aliphatic rings. The van der Waals surface area contributed by atoms with Crippen molar-refractivity contribution in [3.63, 3.8) is 0 Å². The minimum atomic E-state index is -0.863. The van der Waals surface area contributed by atoms with E-state index in [9.17, 15) is 15.6 Å². The molecule has 4 rings (SSSR count). The first-order valence-corrected chi connectivity index (χ1v) is 8.83. The Balaban J connectivity index is 1.94. The largest absolute Gasteiger partial charge is 0.384 e. The van der Waals surface area contributed by atoms with Crippen LogP contribution in [0.1, 0.15) is 27.9 Å². The van der Waals surface area contributed by atoms with Gasteiger partial charge < -0.3 is 9.67 Å². The van der Waals surface area contributed by atoms with Gasteiger partial charge in [-0.2, -0.15) is 10.5 Å². The molecule has 6 heteroatoms. The van der Waals surface area contributed by atoms with Gasteiger partial charge in [0.15, 0.2) is 0 Å². The molecule has 1 N–H and O–H groups in total. The second kappa shape index (κ2) is 5.96. The van der Waals surface area contributed by atoms with Crippen LogP contribution in [0.3, 0.4) is 0 Å². The summed E-state index contributed by atoms with van der Waals surface area (Å²) in [4.78, 5) is 6.37. The van der Waals surface area contributed by atoms with Crippen molar-refractivity contribution in [2.75, 3.05) is 0 Å². The van der Waals surface area contributed by atoms with E-state index in [0.717, 1.165) is 26.6 Å². The Hall–Kier alpha value is -3.19. The van der Waals surface area contributed by atoms with Crippen molar-refractivity contribution in [3.8, 4) is 12.1 Å². The van der Waals surface area contributed by atoms with E-state index in [4.69, 9.17) is 0 Å². The SMILES string of the molecule is Cc1nc2sc(/C=C3/C(=C(C#N)C#N)c4ccccc4C3O)cc2n1C. The van der Waals surface area contributed by atoms with E-state index in [-0.39, 0.29) is 5.57 Å². The van der Waals surface area contributed by atoms with Gasteiger partial charge in [-0.3, -0.25) is 0 Å². The molecule has 26 heavy (non-hydrogen) atoms. The molecular formula is C20H14N4OS. The molecule has 1 atom stereocenters. The molecule has 1 aliphatic carbocycles. The number of nitrogens with zero attached hydrogens (tertiary/aromatic N) is 4. The molecule has 0 saturated heterocycles. The third kappa shape index (κ3) is 2.28. The van der Waals surface area contributed by atoms with Crippen molar-refractivity contribution < 1.29 is 5.11 Å². The summed E-state index contributed by atoms with van der Waals surface area (Å²) in [6.07, 6.45) is 0.994. The number of benzene rings is 1. The Bertz CT molecular complexity index is 1180. The minimum absolute atomic E-state index is 0.00957. The van der Waals surface area contributed by atoms with Gasteiger partial charge in [-0.1, -0.05) is 24.3 Å². The monoisotopic (exact) mass is 358 g/mol. The van der Waals surface area contributed by atoms with Crippen LogP contribution >= 0.6 is 11.3 Å². The zero-order valence-corrected chi connectivity index (χ0v) is 15.0. The van der Waals surface area contributed by atoms with Gasteiger partial charge >= 0.3 is 0 Å². The third-order valence-corrected chi connectivity index (χ3v) is 5.67. The van der Waals surface area contributed by atoms with Gasteiger partial charge in [0.2, 0.25) is 0 Å². The van der Waals surface area contributed by atoms with Crippen LogP contribution in [0.5, 0.6) is 0 Å². The van der Waals surface area contributed by atoms with Crippen LogP contribution in [-0.2, 0) is 7.05 Å². The lowest BCUT2D eigenvalue weighted by Crippen LogP contribution is -1.94. The molecule has 1 unspecified atom stereocenters. The molecule has 2 heterocycles. The van der Waals surface area contributed by atoms with E-state index in [1.165, 1.54) is 11.3 Å². The maximum Gasteiger partial charge on any atom is 0.142 e. The summed E-state index contributed by atoms with van der Waals surface area (Å²) in [5.41, 5.74) is 3.57. The molecule has 1 aromatic carbocycles. The lowest BCUT2D eigenvalue weighted by atomic mass is 9.99. The maximum atomic E-state index is 10.8. The third-order valence-electron chi connectivity index (χ3n) is 4.70. The number of rotatable bonds is 1. The Morgan fingerprint density at radius 2 is 2.04 bits per heavy atom. The first-order chi connectivity index (χ1) is 12.5. The molecule has 0 amide bonds. The van der Waals surface area contributed by atoms with Gasteiger partial charge in [0.05, 0.1) is 5.52 Å². The van der Waals surface area contributed by atoms with Gasteiger partial charge in [-0.15, -0.1) is 11.3 Å². The fourth-order valence-corrected chi connectivity index (χ4v) is 4.38. The van der Waals surface area contributed by atoms with Crippen molar-refractivity contribution in [1.82, 2.24) is 9.55 Å². The van der Waals surface area contributed by atoms with E-state index in [1.807, 2.05) is 67.1 Å². The Morgan fingerprint density at radius 3 is 2.73 bits per heavy atom. The first kappa shape index (κ1) is 16.3. The number of allylic oxidation sites excluding steroid dienone is 1. The zero-order chi connectivity index (χ0) is 18.4. The van der Waals surface area contributed by atoms with Gasteiger partial charge in [-0.05, 0) is 35.8 Å². The Kier molecular flexibility index (Phi) is 3.73. The molecule has 0 spiro atoms. The van der Waals surface area contributed by atoms with E-state index in [0.29, 0.717) is 16.7 Å². The number of aromatic nitrogens is 2. The van der Waals surface area contributed by atoms with Crippen molar-refractivity contribution in [2.45, 2.75) is 13.0 Å². The van der Waals surface area contributed by atoms with E-state index >= 15 is 0 Å². The van der Waals surface area contributed by atoms with Gasteiger partial charge in [0.25, 0.3) is 0 Å². The number of aryl methyl sites for hydroxylation is 2. The number of fused-ring (bicyclic) bond motifs is 2. The summed E-state index contributed by atoms with van der Waals surface area (Å²) in [6.45, 7) is 1.95. The average Bonchev–Trinajstić information content (AvgIpc) is 3.24. The van der Waals surface area contributed by atoms with Crippen molar-refractivity contribution in [3.05, 3.63) is 63.3 Å². The number of hydrogen-bond acceptors (Lipinski definition) is 5. The fraction of sp³-hybridized carbons (Fsp3) is 0.150. The summed E-state index contributed by atoms with van der Waals surface area (Å²) < 4.78 is 2.01. The first-order valence-electron chi connectivity index (χ1n) is 8.01. The van der Waals surface area contributed by atoms with Crippen LogP contribution in [0.2, 0.25) is 0 Å². The van der Waals surface area contributed by atoms with Crippen LogP contribution in [0, 0.1) is 29.6 Å². The lowest BCUT2D eigenvalue weighted by Gasteiger charge is -2.06. The fourth-order valence-electron chi connectivity index (χ4n) is 3.32. The molecule has 0 bridgehead atoms. The van der Waals surface area contributed by atoms with E-state index in [2.05, 4.69) is 4.98 Å². The molecule has 5 nitrogen and oxygen atoms in total. The Labute approximate surface area is 154 Å². The molecule has 126 valence electrons. The smallest absolute Gasteiger partial charge is 0.142 e. The molecule has 0 radical (unpaired) electrons. The number of thiophene rings is 1. The predicted octanol–water partition coefficient (Wildman–Crippen LogP) is 3.87. The molecule has 0 aliphatic heterocycles. The van der Waals surface area contributed by atoms with Crippen LogP contribution < -0.4 is 0 Å². The highest BCUT2D eigenvalue weighted by Crippen LogP contribution is 2.46. The second-order valence-corrected chi connectivity index (χ2v) is 7.18. The van der Waals surface area contributed by atoms with Crippen LogP contribution in [0.15, 0.2) is 41.5 Å². The highest BCUT2D eigenvalue weighted by Gasteiger charge is 2.32. The average molecular weight is 358 g/mol. The van der Waals surface area contributed by atoms with Crippen molar-refractivity contribution >= 4 is 33.3 Å². The molecule has 3 aromatic rings. The summed E-state index contributed by atoms with van der Waals surface area (Å²) in [5, 5.41) is 29.6. The van der Waals surface area contributed by atoms with Gasteiger partial charge in [-0.25, -0.2) is 4.98 Å². The van der Waals surface area contributed by atoms with Crippen molar-refractivity contribution in [1.29, 1.82) is 10.5 Å². The molecule has 0 saturated carbocycles. The standard InChI is InChI=1S/C20H14N4OS/c1-11-23-20-17(24(11)2)8-13(26-20)7-16-18(12(9-21)10-22)14-5-3-4-6-15(14)19(16)25/h3-8,19,25H,1-2H3/b16-7-. The zero-order valence-electron chi connectivity index (χ0n) is 14.2. The summed E-state index contributed by atoms with van der Waals surface area (Å²) >= 11 is 1.52. The molecule has 2 aromatic heterocycles. The number of nitriles is 2. The lowest BCUT2D eigenvalue weighted by molar-refractivity contribution is 0.226. The van der Waals surface area contributed by atoms with E-state index in [1.54, 1.807) is 0 Å². The number of aliphatic hydroxyl groups excluding tert-OH is 1. The van der Waals surface area contributed by atoms with Gasteiger partial charge in [0.1, 0.15) is 34.5 Å². The van der Waals surface area contributed by atoms with Crippen LogP contribution in [0.4, 0.5) is 0 Å². The number of imidazole rings is 1. The minimum Gasteiger partial charge on any atom is -0.384 e. The molecular weight excluding hydrogens is 344 g/mol. The van der Waals surface area contributed by atoms with Gasteiger partial charge in [0, 0.05) is 17.5 Å². The summed E-state index contributed by atoms with van der Waals surface area (Å²) in [5.74, 6) is 0.940.